The van der Waals surface area contributed by atoms with Crippen molar-refractivity contribution >= 4 is 11.7 Å². The van der Waals surface area contributed by atoms with E-state index in [1.165, 1.54) is 32.1 Å². The third-order valence-electron chi connectivity index (χ3n) is 4.52. The largest absolute Gasteiger partial charge is 0.478 e. The van der Waals surface area contributed by atoms with Gasteiger partial charge in [-0.15, -0.1) is 0 Å². The normalized spacial score (nSPS) is 26.9. The van der Waals surface area contributed by atoms with Gasteiger partial charge in [-0.25, -0.2) is 4.79 Å². The molecule has 0 radical (unpaired) electrons. The lowest BCUT2D eigenvalue weighted by Crippen LogP contribution is -2.28. The van der Waals surface area contributed by atoms with E-state index in [1.54, 1.807) is 12.1 Å². The Hall–Kier alpha value is -1.51. The highest BCUT2D eigenvalue weighted by Gasteiger charge is 2.34. The van der Waals surface area contributed by atoms with E-state index in [1.807, 2.05) is 12.1 Å². The topological polar surface area (TPSA) is 49.3 Å². The number of carbonyl (C=O) groups is 1. The van der Waals surface area contributed by atoms with E-state index in [4.69, 9.17) is 0 Å². The number of hydrogen-bond donors (Lipinski definition) is 2. The van der Waals surface area contributed by atoms with E-state index >= 15 is 0 Å². The Labute approximate surface area is 114 Å². The Morgan fingerprint density at radius 3 is 2.63 bits per heavy atom. The fourth-order valence-electron chi connectivity index (χ4n) is 3.37. The summed E-state index contributed by atoms with van der Waals surface area (Å²) in [4.78, 5) is 11.2. The fourth-order valence-corrected chi connectivity index (χ4v) is 3.37. The van der Waals surface area contributed by atoms with Gasteiger partial charge in [0.05, 0.1) is 5.56 Å². The van der Waals surface area contributed by atoms with E-state index in [9.17, 15) is 9.90 Å². The average molecular weight is 259 g/mol. The summed E-state index contributed by atoms with van der Waals surface area (Å²) in [6.45, 7) is 0. The molecule has 19 heavy (non-hydrogen) atoms. The Morgan fingerprint density at radius 2 is 1.89 bits per heavy atom. The molecule has 1 aromatic rings. The second kappa shape index (κ2) is 5.24. The number of carboxylic acid groups (broad SMARTS) is 1. The highest BCUT2D eigenvalue weighted by Crippen LogP contribution is 2.44. The SMILES string of the molecule is O=C(O)c1ccccc1NC1CCCC(C2CC2)C1. The molecule has 102 valence electrons. The van der Waals surface area contributed by atoms with Gasteiger partial charge >= 0.3 is 5.97 Å². The molecule has 1 aromatic carbocycles. The first kappa shape index (κ1) is 12.5. The molecule has 0 spiro atoms. The lowest BCUT2D eigenvalue weighted by atomic mass is 9.82. The van der Waals surface area contributed by atoms with Gasteiger partial charge in [0.25, 0.3) is 0 Å². The minimum atomic E-state index is -0.849. The van der Waals surface area contributed by atoms with Crippen molar-refractivity contribution in [1.82, 2.24) is 0 Å². The lowest BCUT2D eigenvalue weighted by molar-refractivity contribution is 0.0698. The zero-order chi connectivity index (χ0) is 13.2. The summed E-state index contributed by atoms with van der Waals surface area (Å²) in [6, 6.07) is 7.67. The summed E-state index contributed by atoms with van der Waals surface area (Å²) < 4.78 is 0. The van der Waals surface area contributed by atoms with Gasteiger partial charge in [0.2, 0.25) is 0 Å². The van der Waals surface area contributed by atoms with Crippen LogP contribution in [0.25, 0.3) is 0 Å². The van der Waals surface area contributed by atoms with E-state index in [0.29, 0.717) is 11.6 Å². The van der Waals surface area contributed by atoms with Crippen LogP contribution in [0.3, 0.4) is 0 Å². The van der Waals surface area contributed by atoms with Crippen LogP contribution in [-0.2, 0) is 0 Å². The smallest absolute Gasteiger partial charge is 0.337 e. The van der Waals surface area contributed by atoms with E-state index in [-0.39, 0.29) is 0 Å². The molecule has 2 aliphatic rings. The number of para-hydroxylation sites is 1. The molecule has 2 unspecified atom stereocenters. The second-order valence-corrected chi connectivity index (χ2v) is 5.96. The van der Waals surface area contributed by atoms with Crippen LogP contribution in [0.1, 0.15) is 48.9 Å². The summed E-state index contributed by atoms with van der Waals surface area (Å²) >= 11 is 0. The molecule has 2 fully saturated rings. The summed E-state index contributed by atoms with van der Waals surface area (Å²) in [7, 11) is 0. The summed E-state index contributed by atoms with van der Waals surface area (Å²) in [5, 5.41) is 12.7. The number of aromatic carboxylic acids is 1. The van der Waals surface area contributed by atoms with Crippen molar-refractivity contribution in [2.45, 2.75) is 44.6 Å². The molecule has 0 aromatic heterocycles. The number of hydrogen-bond acceptors (Lipinski definition) is 2. The molecular formula is C16H21NO2. The Bertz CT molecular complexity index is 468. The number of nitrogens with one attached hydrogen (secondary N) is 1. The van der Waals surface area contributed by atoms with Gasteiger partial charge in [-0.05, 0) is 49.7 Å². The van der Waals surface area contributed by atoms with Gasteiger partial charge in [-0.3, -0.25) is 0 Å². The average Bonchev–Trinajstić information content (AvgIpc) is 3.24. The maximum atomic E-state index is 11.2. The molecule has 3 nitrogen and oxygen atoms in total. The second-order valence-electron chi connectivity index (χ2n) is 5.96. The predicted molar refractivity (Wildman–Crippen MR) is 75.5 cm³/mol. The van der Waals surface area contributed by atoms with Crippen LogP contribution >= 0.6 is 0 Å². The van der Waals surface area contributed by atoms with Gasteiger partial charge in [0.15, 0.2) is 0 Å². The molecule has 0 heterocycles. The van der Waals surface area contributed by atoms with Crippen molar-refractivity contribution in [3.05, 3.63) is 29.8 Å². The molecule has 0 amide bonds. The quantitative estimate of drug-likeness (QED) is 0.865. The van der Waals surface area contributed by atoms with Gasteiger partial charge in [0, 0.05) is 11.7 Å². The van der Waals surface area contributed by atoms with Crippen molar-refractivity contribution in [2.75, 3.05) is 5.32 Å². The maximum absolute atomic E-state index is 11.2. The van der Waals surface area contributed by atoms with Gasteiger partial charge in [-0.1, -0.05) is 25.0 Å². The number of anilines is 1. The van der Waals surface area contributed by atoms with Crippen LogP contribution < -0.4 is 5.32 Å². The molecule has 3 rings (SSSR count). The Balaban J connectivity index is 1.68. The molecule has 2 N–H and O–H groups in total. The third-order valence-corrected chi connectivity index (χ3v) is 4.52. The first-order valence-corrected chi connectivity index (χ1v) is 7.33. The van der Waals surface area contributed by atoms with E-state index < -0.39 is 5.97 Å². The third kappa shape index (κ3) is 2.91. The highest BCUT2D eigenvalue weighted by molar-refractivity contribution is 5.94. The molecular weight excluding hydrogens is 238 g/mol. The zero-order valence-electron chi connectivity index (χ0n) is 11.1. The van der Waals surface area contributed by atoms with Crippen molar-refractivity contribution < 1.29 is 9.90 Å². The van der Waals surface area contributed by atoms with E-state index in [0.717, 1.165) is 23.9 Å². The summed E-state index contributed by atoms with van der Waals surface area (Å²) in [5.41, 5.74) is 1.16. The Morgan fingerprint density at radius 1 is 1.11 bits per heavy atom. The highest BCUT2D eigenvalue weighted by atomic mass is 16.4. The minimum absolute atomic E-state index is 0.385. The van der Waals surface area contributed by atoms with Crippen LogP contribution in [-0.4, -0.2) is 17.1 Å². The molecule has 0 saturated heterocycles. The van der Waals surface area contributed by atoms with Crippen molar-refractivity contribution in [3.8, 4) is 0 Å². The van der Waals surface area contributed by atoms with Gasteiger partial charge < -0.3 is 10.4 Å². The molecule has 2 atom stereocenters. The lowest BCUT2D eigenvalue weighted by Gasteiger charge is -2.31. The predicted octanol–water partition coefficient (Wildman–Crippen LogP) is 3.77. The number of rotatable bonds is 4. The van der Waals surface area contributed by atoms with Crippen LogP contribution in [0.15, 0.2) is 24.3 Å². The van der Waals surface area contributed by atoms with Crippen molar-refractivity contribution in [3.63, 3.8) is 0 Å². The van der Waals surface area contributed by atoms with E-state index in [2.05, 4.69) is 5.32 Å². The van der Waals surface area contributed by atoms with Gasteiger partial charge in [-0.2, -0.15) is 0 Å². The maximum Gasteiger partial charge on any atom is 0.337 e. The first-order chi connectivity index (χ1) is 9.24. The van der Waals surface area contributed by atoms with Crippen LogP contribution in [0.4, 0.5) is 5.69 Å². The van der Waals surface area contributed by atoms with Crippen molar-refractivity contribution in [1.29, 1.82) is 0 Å². The van der Waals surface area contributed by atoms with Crippen LogP contribution in [0, 0.1) is 11.8 Å². The Kier molecular flexibility index (Phi) is 3.45. The first-order valence-electron chi connectivity index (χ1n) is 7.33. The standard InChI is InChI=1S/C16H21NO2/c18-16(19)14-6-1-2-7-15(14)17-13-5-3-4-12(10-13)11-8-9-11/h1-2,6-7,11-13,17H,3-5,8-10H2,(H,18,19). The fraction of sp³-hybridized carbons (Fsp3) is 0.562. The molecule has 0 aliphatic heterocycles. The zero-order valence-corrected chi connectivity index (χ0v) is 11.1. The summed E-state index contributed by atoms with van der Waals surface area (Å²) in [5.74, 6) is 0.972. The molecule has 0 bridgehead atoms. The summed E-state index contributed by atoms with van der Waals surface area (Å²) in [6.07, 6.45) is 7.82. The minimum Gasteiger partial charge on any atom is -0.478 e. The number of benzene rings is 1. The van der Waals surface area contributed by atoms with Crippen LogP contribution in [0.2, 0.25) is 0 Å². The van der Waals surface area contributed by atoms with Crippen LogP contribution in [0.5, 0.6) is 0 Å². The monoisotopic (exact) mass is 259 g/mol. The molecule has 2 saturated carbocycles. The van der Waals surface area contributed by atoms with Crippen molar-refractivity contribution in [2.24, 2.45) is 11.8 Å². The molecule has 3 heteroatoms. The number of carboxylic acids is 1. The molecule has 2 aliphatic carbocycles. The van der Waals surface area contributed by atoms with Gasteiger partial charge in [0.1, 0.15) is 0 Å².